The minimum Gasteiger partial charge on any atom is -0.481 e. The van der Waals surface area contributed by atoms with Crippen LogP contribution in [-0.2, 0) is 13.2 Å². The van der Waals surface area contributed by atoms with Crippen LogP contribution in [-0.4, -0.2) is 29.7 Å². The van der Waals surface area contributed by atoms with Gasteiger partial charge in [0.25, 0.3) is 0 Å². The number of likely N-dealkylation sites (N-methyl/N-ethyl adjacent to an activating group) is 1. The Balaban J connectivity index is 2.14. The van der Waals surface area contributed by atoms with Crippen molar-refractivity contribution in [3.63, 3.8) is 0 Å². The number of rotatable bonds is 3. The maximum atomic E-state index is 9.51. The van der Waals surface area contributed by atoms with E-state index >= 15 is 0 Å². The van der Waals surface area contributed by atoms with Crippen molar-refractivity contribution in [2.75, 3.05) is 13.6 Å². The molecule has 3 heteroatoms. The molecule has 0 fully saturated rings. The topological polar surface area (TPSA) is 32.7 Å². The first-order chi connectivity index (χ1) is 9.74. The summed E-state index contributed by atoms with van der Waals surface area (Å²) in [5, 5.41) is 9.51. The lowest BCUT2D eigenvalue weighted by atomic mass is 9.95. The Morgan fingerprint density at radius 1 is 1.50 bits per heavy atom. The van der Waals surface area contributed by atoms with Crippen molar-refractivity contribution in [1.82, 2.24) is 4.90 Å². The molecule has 2 aliphatic heterocycles. The van der Waals surface area contributed by atoms with E-state index in [1.165, 1.54) is 16.7 Å². The van der Waals surface area contributed by atoms with Gasteiger partial charge in [0.15, 0.2) is 0 Å². The first kappa shape index (κ1) is 13.2. The molecule has 3 nitrogen and oxygen atoms in total. The number of hydrogen-bond donors (Lipinski definition) is 1. The highest BCUT2D eigenvalue weighted by molar-refractivity contribution is 5.82. The molecule has 0 aromatic heterocycles. The van der Waals surface area contributed by atoms with Gasteiger partial charge < -0.3 is 9.84 Å². The summed E-state index contributed by atoms with van der Waals surface area (Å²) in [6.45, 7) is 5.51. The molecular weight excluding hydrogens is 250 g/mol. The molecule has 3 rings (SSSR count). The zero-order chi connectivity index (χ0) is 14.1. The first-order valence-electron chi connectivity index (χ1n) is 6.85. The molecule has 0 saturated heterocycles. The molecule has 1 N–H and O–H groups in total. The van der Waals surface area contributed by atoms with Crippen LogP contribution in [0.5, 0.6) is 5.75 Å². The molecule has 0 radical (unpaired) electrons. The molecular formula is C17H19NO2. The molecule has 2 heterocycles. The second-order valence-electron chi connectivity index (χ2n) is 5.26. The summed E-state index contributed by atoms with van der Waals surface area (Å²) in [7, 11) is 2.11. The molecule has 0 aliphatic carbocycles. The van der Waals surface area contributed by atoms with Crippen LogP contribution in [0.1, 0.15) is 16.7 Å². The average molecular weight is 269 g/mol. The lowest BCUT2D eigenvalue weighted by Gasteiger charge is -2.15. The summed E-state index contributed by atoms with van der Waals surface area (Å²) in [5.41, 5.74) is 4.49. The SMILES string of the molecule is C=C/C=C\C1Oc2c(CO)ccc3c2C1=CCN(C)C3. The molecule has 1 aromatic rings. The van der Waals surface area contributed by atoms with Crippen LogP contribution in [0.4, 0.5) is 0 Å². The van der Waals surface area contributed by atoms with E-state index in [-0.39, 0.29) is 12.7 Å². The Kier molecular flexibility index (Phi) is 3.47. The van der Waals surface area contributed by atoms with E-state index in [9.17, 15) is 5.11 Å². The van der Waals surface area contributed by atoms with Crippen LogP contribution in [0.2, 0.25) is 0 Å². The highest BCUT2D eigenvalue weighted by atomic mass is 16.5. The van der Waals surface area contributed by atoms with Crippen LogP contribution in [0.15, 0.2) is 43.0 Å². The van der Waals surface area contributed by atoms with Gasteiger partial charge in [-0.15, -0.1) is 0 Å². The fourth-order valence-corrected chi connectivity index (χ4v) is 2.86. The zero-order valence-corrected chi connectivity index (χ0v) is 11.7. The highest BCUT2D eigenvalue weighted by Gasteiger charge is 2.32. The van der Waals surface area contributed by atoms with E-state index in [2.05, 4.69) is 30.7 Å². The average Bonchev–Trinajstić information content (AvgIpc) is 2.72. The van der Waals surface area contributed by atoms with Crippen LogP contribution in [0.25, 0.3) is 5.57 Å². The summed E-state index contributed by atoms with van der Waals surface area (Å²) in [6.07, 6.45) is 7.81. The maximum absolute atomic E-state index is 9.51. The lowest BCUT2D eigenvalue weighted by Crippen LogP contribution is -2.17. The Labute approximate surface area is 119 Å². The van der Waals surface area contributed by atoms with Crippen molar-refractivity contribution in [2.24, 2.45) is 0 Å². The van der Waals surface area contributed by atoms with Gasteiger partial charge in [-0.25, -0.2) is 0 Å². The predicted octanol–water partition coefficient (Wildman–Crippen LogP) is 2.51. The minimum atomic E-state index is -0.0825. The number of allylic oxidation sites excluding steroid dienone is 2. The van der Waals surface area contributed by atoms with Gasteiger partial charge in [0, 0.05) is 29.8 Å². The predicted molar refractivity (Wildman–Crippen MR) is 80.4 cm³/mol. The first-order valence-corrected chi connectivity index (χ1v) is 6.85. The standard InChI is InChI=1S/C17H19NO2/c1-3-4-5-15-14-8-9-18(2)10-12-6-7-13(11-19)17(20-15)16(12)14/h3-8,15,19H,1,9-11H2,2H3/b5-4-. The maximum Gasteiger partial charge on any atom is 0.143 e. The van der Waals surface area contributed by atoms with Gasteiger partial charge in [-0.1, -0.05) is 36.9 Å². The highest BCUT2D eigenvalue weighted by Crippen LogP contribution is 2.44. The number of aliphatic hydroxyl groups is 1. The largest absolute Gasteiger partial charge is 0.481 e. The summed E-state index contributed by atoms with van der Waals surface area (Å²) in [6, 6.07) is 4.06. The summed E-state index contributed by atoms with van der Waals surface area (Å²) < 4.78 is 6.06. The van der Waals surface area contributed by atoms with Crippen molar-refractivity contribution < 1.29 is 9.84 Å². The summed E-state index contributed by atoms with van der Waals surface area (Å²) in [5.74, 6) is 0.838. The summed E-state index contributed by atoms with van der Waals surface area (Å²) >= 11 is 0. The molecule has 0 bridgehead atoms. The molecule has 2 aliphatic rings. The van der Waals surface area contributed by atoms with E-state index in [0.717, 1.165) is 24.4 Å². The van der Waals surface area contributed by atoms with Crippen LogP contribution < -0.4 is 4.74 Å². The Morgan fingerprint density at radius 2 is 2.35 bits per heavy atom. The zero-order valence-electron chi connectivity index (χ0n) is 11.7. The smallest absolute Gasteiger partial charge is 0.143 e. The van der Waals surface area contributed by atoms with E-state index in [0.29, 0.717) is 0 Å². The molecule has 0 saturated carbocycles. The Hall–Kier alpha value is -1.84. The van der Waals surface area contributed by atoms with Crippen molar-refractivity contribution in [3.8, 4) is 5.75 Å². The Morgan fingerprint density at radius 3 is 3.10 bits per heavy atom. The van der Waals surface area contributed by atoms with Crippen molar-refractivity contribution >= 4 is 5.57 Å². The van der Waals surface area contributed by atoms with E-state index in [4.69, 9.17) is 4.74 Å². The molecule has 0 amide bonds. The fourth-order valence-electron chi connectivity index (χ4n) is 2.86. The number of ether oxygens (including phenoxy) is 1. The van der Waals surface area contributed by atoms with E-state index in [1.54, 1.807) is 6.08 Å². The third-order valence-electron chi connectivity index (χ3n) is 3.82. The normalized spacial score (nSPS) is 21.3. The molecule has 104 valence electrons. The number of nitrogens with zero attached hydrogens (tertiary/aromatic N) is 1. The van der Waals surface area contributed by atoms with Crippen molar-refractivity contribution in [1.29, 1.82) is 0 Å². The van der Waals surface area contributed by atoms with Crippen LogP contribution in [0, 0.1) is 0 Å². The third-order valence-corrected chi connectivity index (χ3v) is 3.82. The molecule has 20 heavy (non-hydrogen) atoms. The van der Waals surface area contributed by atoms with E-state index in [1.807, 2.05) is 18.2 Å². The van der Waals surface area contributed by atoms with Gasteiger partial charge in [0.1, 0.15) is 11.9 Å². The minimum absolute atomic E-state index is 0.00360. The molecule has 1 unspecified atom stereocenters. The lowest BCUT2D eigenvalue weighted by molar-refractivity contribution is 0.264. The monoisotopic (exact) mass is 269 g/mol. The third kappa shape index (κ3) is 2.09. The van der Waals surface area contributed by atoms with E-state index < -0.39 is 0 Å². The van der Waals surface area contributed by atoms with Gasteiger partial charge in [0.2, 0.25) is 0 Å². The van der Waals surface area contributed by atoms with Crippen molar-refractivity contribution in [3.05, 3.63) is 59.7 Å². The quantitative estimate of drug-likeness (QED) is 0.856. The van der Waals surface area contributed by atoms with Gasteiger partial charge in [-0.05, 0) is 18.7 Å². The van der Waals surface area contributed by atoms with Crippen LogP contribution >= 0.6 is 0 Å². The Bertz CT molecular complexity index is 601. The van der Waals surface area contributed by atoms with Gasteiger partial charge in [0.05, 0.1) is 6.61 Å². The van der Waals surface area contributed by atoms with Crippen molar-refractivity contribution in [2.45, 2.75) is 19.3 Å². The van der Waals surface area contributed by atoms with Crippen LogP contribution in [0.3, 0.4) is 0 Å². The number of aliphatic hydroxyl groups excluding tert-OH is 1. The molecule has 1 atom stereocenters. The van der Waals surface area contributed by atoms with Gasteiger partial charge in [-0.3, -0.25) is 4.90 Å². The number of benzene rings is 1. The van der Waals surface area contributed by atoms with Gasteiger partial charge >= 0.3 is 0 Å². The second-order valence-corrected chi connectivity index (χ2v) is 5.26. The number of hydrogen-bond acceptors (Lipinski definition) is 3. The second kappa shape index (κ2) is 5.27. The summed E-state index contributed by atoms with van der Waals surface area (Å²) in [4.78, 5) is 2.27. The fraction of sp³-hybridized carbons (Fsp3) is 0.294. The van der Waals surface area contributed by atoms with Gasteiger partial charge in [-0.2, -0.15) is 0 Å². The molecule has 0 spiro atoms. The molecule has 1 aromatic carbocycles.